The predicted octanol–water partition coefficient (Wildman–Crippen LogP) is 13.6. The van der Waals surface area contributed by atoms with E-state index in [2.05, 4.69) is 82.5 Å². The maximum atomic E-state index is 7.58. The molecule has 4 fully saturated rings. The molecule has 0 aliphatic heterocycles. The zero-order valence-electron chi connectivity index (χ0n) is 30.9. The predicted molar refractivity (Wildman–Crippen MR) is 226 cm³/mol. The van der Waals surface area contributed by atoms with Crippen molar-refractivity contribution in [3.8, 4) is 45.3 Å². The summed E-state index contributed by atoms with van der Waals surface area (Å²) in [5.41, 5.74) is 8.07. The van der Waals surface area contributed by atoms with Gasteiger partial charge in [-0.2, -0.15) is 0 Å². The molecule has 4 bridgehead atoms. The molecule has 0 radical (unpaired) electrons. The molecule has 5 nitrogen and oxygen atoms in total. The smallest absolute Gasteiger partial charge is 0.187 e. The minimum absolute atomic E-state index is 0.355. The highest BCUT2D eigenvalue weighted by atomic mass is 15.0. The first-order valence-electron chi connectivity index (χ1n) is 19.7. The van der Waals surface area contributed by atoms with E-state index >= 15 is 0 Å². The number of benzene rings is 7. The fourth-order valence-corrected chi connectivity index (χ4v) is 10.9. The van der Waals surface area contributed by atoms with Crippen molar-refractivity contribution in [2.24, 2.45) is 17.8 Å². The Kier molecular flexibility index (Phi) is 7.41. The van der Waals surface area contributed by atoms with Crippen molar-refractivity contribution in [1.29, 1.82) is 0 Å². The van der Waals surface area contributed by atoms with Gasteiger partial charge in [-0.1, -0.05) is 103 Å². The number of hydrogen-bond acceptors (Lipinski definition) is 3. The van der Waals surface area contributed by atoms with Gasteiger partial charge in [-0.15, -0.1) is 0 Å². The Bertz CT molecular complexity index is 2950. The Labute approximate surface area is 326 Å². The lowest BCUT2D eigenvalue weighted by Gasteiger charge is -2.57. The molecule has 0 unspecified atom stereocenters. The highest BCUT2D eigenvalue weighted by molar-refractivity contribution is 6.00. The normalized spacial score (nSPS) is 21.0. The summed E-state index contributed by atoms with van der Waals surface area (Å²) in [6.07, 6.45) is 8.42. The summed E-state index contributed by atoms with van der Waals surface area (Å²) in [5.74, 6) is 4.44. The summed E-state index contributed by atoms with van der Waals surface area (Å²) in [4.78, 5) is 22.9. The van der Waals surface area contributed by atoms with Gasteiger partial charge in [0.1, 0.15) is 0 Å². The molecule has 7 aromatic carbocycles. The van der Waals surface area contributed by atoms with E-state index < -0.39 is 0 Å². The molecule has 0 atom stereocenters. The Hall–Kier alpha value is -6.69. The molecule has 4 saturated carbocycles. The lowest BCUT2D eigenvalue weighted by molar-refractivity contribution is -0.00518. The second-order valence-corrected chi connectivity index (χ2v) is 16.5. The topological polar surface area (TPSA) is 47.4 Å². The third kappa shape index (κ3) is 5.46. The van der Waals surface area contributed by atoms with E-state index in [1.807, 2.05) is 60.7 Å². The highest BCUT2D eigenvalue weighted by Crippen LogP contribution is 2.60. The molecule has 0 N–H and O–H groups in total. The molecule has 56 heavy (non-hydrogen) atoms. The van der Waals surface area contributed by atoms with E-state index in [9.17, 15) is 0 Å². The monoisotopic (exact) mass is 719 g/mol. The van der Waals surface area contributed by atoms with Crippen LogP contribution in [0.4, 0.5) is 11.4 Å². The molecule has 1 heterocycles. The van der Waals surface area contributed by atoms with Gasteiger partial charge in [0.2, 0.25) is 0 Å². The van der Waals surface area contributed by atoms with E-state index in [0.717, 1.165) is 66.9 Å². The third-order valence-electron chi connectivity index (χ3n) is 13.0. The molecule has 266 valence electrons. The largest absolute Gasteiger partial charge is 0.238 e. The number of rotatable bonds is 5. The van der Waals surface area contributed by atoms with Gasteiger partial charge in [-0.3, -0.25) is 0 Å². The van der Waals surface area contributed by atoms with E-state index in [0.29, 0.717) is 34.3 Å². The number of nitrogens with zero attached hydrogens (tertiary/aromatic N) is 5. The van der Waals surface area contributed by atoms with Crippen LogP contribution in [0.3, 0.4) is 0 Å². The Balaban J connectivity index is 1.07. The summed E-state index contributed by atoms with van der Waals surface area (Å²) in [7, 11) is 0. The van der Waals surface area contributed by atoms with Crippen LogP contribution in [0.5, 0.6) is 0 Å². The number of hydrogen-bond donors (Lipinski definition) is 0. The molecule has 12 rings (SSSR count). The molecule has 4 aliphatic carbocycles. The highest BCUT2D eigenvalue weighted by Gasteiger charge is 2.51. The maximum absolute atomic E-state index is 7.58. The zero-order valence-corrected chi connectivity index (χ0v) is 30.9. The standard InChI is InChI=1S/C51H37N5/c1-52-42-17-14-34-10-11-38(24-39(34)26-42)48-54-49(56-50(55-48)46-9-5-7-37-25-43(53-2)18-19-45(37)46)40-23-36-6-3-4-8-44(36)47(27-40)35-12-15-41(16-13-35)51-28-31-20-32(29-51)22-33(21-31)30-51/h3-19,23-27,31-33H,20-22,28-30H2. The van der Waals surface area contributed by atoms with Crippen LogP contribution < -0.4 is 0 Å². The van der Waals surface area contributed by atoms with Gasteiger partial charge in [0, 0.05) is 16.7 Å². The summed E-state index contributed by atoms with van der Waals surface area (Å²) >= 11 is 0. The van der Waals surface area contributed by atoms with Gasteiger partial charge in [0.05, 0.1) is 13.1 Å². The van der Waals surface area contributed by atoms with Gasteiger partial charge in [0.25, 0.3) is 0 Å². The quantitative estimate of drug-likeness (QED) is 0.166. The Morgan fingerprint density at radius 3 is 1.77 bits per heavy atom. The van der Waals surface area contributed by atoms with Crippen LogP contribution in [0.15, 0.2) is 133 Å². The van der Waals surface area contributed by atoms with Crippen LogP contribution in [0.2, 0.25) is 0 Å². The van der Waals surface area contributed by atoms with E-state index in [-0.39, 0.29) is 0 Å². The van der Waals surface area contributed by atoms with Crippen LogP contribution in [0.25, 0.3) is 87.3 Å². The second-order valence-electron chi connectivity index (χ2n) is 16.5. The van der Waals surface area contributed by atoms with Crippen molar-refractivity contribution in [1.82, 2.24) is 15.0 Å². The van der Waals surface area contributed by atoms with Crippen molar-refractivity contribution >= 4 is 43.7 Å². The Morgan fingerprint density at radius 2 is 1.02 bits per heavy atom. The number of aromatic nitrogens is 3. The van der Waals surface area contributed by atoms with Crippen LogP contribution in [-0.2, 0) is 5.41 Å². The lowest BCUT2D eigenvalue weighted by atomic mass is 9.48. The fourth-order valence-electron chi connectivity index (χ4n) is 10.9. The first kappa shape index (κ1) is 32.7. The maximum Gasteiger partial charge on any atom is 0.187 e. The average Bonchev–Trinajstić information content (AvgIpc) is 3.24. The lowest BCUT2D eigenvalue weighted by Crippen LogP contribution is -2.48. The third-order valence-corrected chi connectivity index (χ3v) is 13.0. The number of fused-ring (bicyclic) bond motifs is 3. The van der Waals surface area contributed by atoms with Crippen LogP contribution in [0, 0.1) is 30.9 Å². The van der Waals surface area contributed by atoms with Crippen molar-refractivity contribution in [3.05, 3.63) is 162 Å². The summed E-state index contributed by atoms with van der Waals surface area (Å²) in [6, 6.07) is 46.4. The first-order valence-corrected chi connectivity index (χ1v) is 19.7. The first-order chi connectivity index (χ1) is 27.5. The molecule has 0 spiro atoms. The Morgan fingerprint density at radius 1 is 0.446 bits per heavy atom. The van der Waals surface area contributed by atoms with Gasteiger partial charge in [-0.05, 0) is 141 Å². The van der Waals surface area contributed by atoms with Gasteiger partial charge < -0.3 is 0 Å². The molecule has 4 aliphatic rings. The summed E-state index contributed by atoms with van der Waals surface area (Å²) in [5, 5.41) is 6.27. The van der Waals surface area contributed by atoms with E-state index in [4.69, 9.17) is 28.1 Å². The average molecular weight is 720 g/mol. The zero-order chi connectivity index (χ0) is 37.4. The summed E-state index contributed by atoms with van der Waals surface area (Å²) < 4.78 is 0. The molecule has 1 aromatic heterocycles. The summed E-state index contributed by atoms with van der Waals surface area (Å²) in [6.45, 7) is 15.2. The molecule has 5 heteroatoms. The molecular formula is C51H37N5. The van der Waals surface area contributed by atoms with Gasteiger partial charge in [-0.25, -0.2) is 24.6 Å². The minimum Gasteiger partial charge on any atom is -0.238 e. The van der Waals surface area contributed by atoms with Crippen LogP contribution in [-0.4, -0.2) is 15.0 Å². The molecule has 0 saturated heterocycles. The second kappa shape index (κ2) is 12.7. The molecular weight excluding hydrogens is 683 g/mol. The van der Waals surface area contributed by atoms with Crippen LogP contribution >= 0.6 is 0 Å². The van der Waals surface area contributed by atoms with Gasteiger partial charge in [0.15, 0.2) is 28.8 Å². The molecule has 0 amide bonds. The van der Waals surface area contributed by atoms with Gasteiger partial charge >= 0.3 is 0 Å². The van der Waals surface area contributed by atoms with Crippen molar-refractivity contribution < 1.29 is 0 Å². The molecule has 8 aromatic rings. The minimum atomic E-state index is 0.355. The van der Waals surface area contributed by atoms with Crippen molar-refractivity contribution in [2.45, 2.75) is 43.9 Å². The van der Waals surface area contributed by atoms with Crippen molar-refractivity contribution in [3.63, 3.8) is 0 Å². The van der Waals surface area contributed by atoms with E-state index in [1.165, 1.54) is 55.0 Å². The SMILES string of the molecule is [C-]#[N+]c1ccc2ccc(-c3nc(-c4cc(-c5ccc(C67CC8CC(CC(C8)C6)C7)cc5)c5ccccc5c4)nc(-c4cccc5cc([N+]#[C-])ccc45)n3)cc2c1. The van der Waals surface area contributed by atoms with E-state index in [1.54, 1.807) is 0 Å². The van der Waals surface area contributed by atoms with Crippen molar-refractivity contribution in [2.75, 3.05) is 0 Å². The fraction of sp³-hybridized carbons (Fsp3) is 0.196. The van der Waals surface area contributed by atoms with Crippen LogP contribution in [0.1, 0.15) is 44.1 Å².